The number of anilines is 2. The van der Waals surface area contributed by atoms with Gasteiger partial charge in [0, 0.05) is 5.56 Å². The van der Waals surface area contributed by atoms with E-state index in [1.54, 1.807) is 30.3 Å². The Morgan fingerprint density at radius 2 is 1.32 bits per heavy atom. The molecule has 0 aliphatic heterocycles. The van der Waals surface area contributed by atoms with Crippen LogP contribution < -0.4 is 11.5 Å². The highest BCUT2D eigenvalue weighted by molar-refractivity contribution is 7.89. The predicted octanol–water partition coefficient (Wildman–Crippen LogP) is 1.01. The van der Waals surface area contributed by atoms with Gasteiger partial charge in [-0.1, -0.05) is 30.3 Å². The third-order valence-electron chi connectivity index (χ3n) is 2.90. The summed E-state index contributed by atoms with van der Waals surface area (Å²) in [5.74, 6) is 0. The molecule has 0 aromatic heterocycles. The number of hydrogen-bond donors (Lipinski definition) is 4. The van der Waals surface area contributed by atoms with Crippen molar-refractivity contribution in [3.63, 3.8) is 0 Å². The molecule has 2 aromatic rings. The Morgan fingerprint density at radius 3 is 1.77 bits per heavy atom. The maximum absolute atomic E-state index is 11.5. The zero-order chi connectivity index (χ0) is 16.7. The second-order valence-electron chi connectivity index (χ2n) is 4.40. The Hall–Kier alpha value is -2.14. The van der Waals surface area contributed by atoms with Crippen LogP contribution >= 0.6 is 0 Å². The van der Waals surface area contributed by atoms with Crippen LogP contribution in [0.4, 0.5) is 11.4 Å². The number of rotatable bonds is 3. The quantitative estimate of drug-likeness (QED) is 0.474. The average molecular weight is 344 g/mol. The van der Waals surface area contributed by atoms with Crippen LogP contribution in [-0.2, 0) is 20.2 Å². The van der Waals surface area contributed by atoms with Crippen LogP contribution in [0.2, 0.25) is 0 Å². The molecule has 0 aliphatic rings. The minimum atomic E-state index is -5.04. The lowest BCUT2D eigenvalue weighted by atomic mass is 10.0. The van der Waals surface area contributed by atoms with Crippen molar-refractivity contribution in [3.8, 4) is 11.1 Å². The molecule has 0 aliphatic carbocycles. The minimum Gasteiger partial charge on any atom is -0.398 e. The van der Waals surface area contributed by atoms with Gasteiger partial charge in [0.05, 0.1) is 11.4 Å². The van der Waals surface area contributed by atoms with E-state index in [0.717, 1.165) is 6.07 Å². The first-order chi connectivity index (χ1) is 10.0. The molecule has 0 unspecified atom stereocenters. The number of nitrogen functional groups attached to an aromatic ring is 2. The van der Waals surface area contributed by atoms with Gasteiger partial charge in [-0.25, -0.2) is 0 Å². The molecule has 10 heteroatoms. The summed E-state index contributed by atoms with van der Waals surface area (Å²) in [6, 6.07) is 9.29. The SMILES string of the molecule is Nc1cc(-c2ccccc2)c(N)c(S(=O)(=O)O)c1S(=O)(=O)O. The molecule has 2 aromatic carbocycles. The first-order valence-electron chi connectivity index (χ1n) is 5.76. The molecule has 0 saturated carbocycles. The van der Waals surface area contributed by atoms with Crippen LogP contribution in [0, 0.1) is 0 Å². The largest absolute Gasteiger partial charge is 0.398 e. The van der Waals surface area contributed by atoms with Crippen LogP contribution in [0.25, 0.3) is 11.1 Å². The molecule has 0 radical (unpaired) electrons. The number of benzene rings is 2. The molecule has 0 atom stereocenters. The monoisotopic (exact) mass is 344 g/mol. The normalized spacial score (nSPS) is 12.3. The van der Waals surface area contributed by atoms with Gasteiger partial charge in [-0.05, 0) is 11.6 Å². The zero-order valence-corrected chi connectivity index (χ0v) is 12.6. The maximum atomic E-state index is 11.5. The van der Waals surface area contributed by atoms with E-state index < -0.39 is 41.4 Å². The van der Waals surface area contributed by atoms with Gasteiger partial charge in [-0.2, -0.15) is 16.8 Å². The number of nitrogens with two attached hydrogens (primary N) is 2. The van der Waals surface area contributed by atoms with Crippen LogP contribution in [0.15, 0.2) is 46.2 Å². The predicted molar refractivity (Wildman–Crippen MR) is 80.3 cm³/mol. The van der Waals surface area contributed by atoms with Gasteiger partial charge in [0.1, 0.15) is 9.79 Å². The first-order valence-corrected chi connectivity index (χ1v) is 8.64. The molecule has 0 heterocycles. The van der Waals surface area contributed by atoms with Gasteiger partial charge in [0.15, 0.2) is 0 Å². The topological polar surface area (TPSA) is 161 Å². The second-order valence-corrected chi connectivity index (χ2v) is 7.12. The van der Waals surface area contributed by atoms with Gasteiger partial charge >= 0.3 is 0 Å². The molecular formula is C12H12N2O6S2. The summed E-state index contributed by atoms with van der Waals surface area (Å²) in [5.41, 5.74) is 10.7. The van der Waals surface area contributed by atoms with Crippen molar-refractivity contribution in [2.45, 2.75) is 9.79 Å². The molecule has 8 nitrogen and oxygen atoms in total. The van der Waals surface area contributed by atoms with Crippen molar-refractivity contribution in [1.82, 2.24) is 0 Å². The van der Waals surface area contributed by atoms with Crippen molar-refractivity contribution in [3.05, 3.63) is 36.4 Å². The fourth-order valence-electron chi connectivity index (χ4n) is 2.05. The molecule has 22 heavy (non-hydrogen) atoms. The van der Waals surface area contributed by atoms with Crippen molar-refractivity contribution in [1.29, 1.82) is 0 Å². The minimum absolute atomic E-state index is 0.109. The molecule has 118 valence electrons. The smallest absolute Gasteiger partial charge is 0.298 e. The Labute approximate surface area is 126 Å². The fraction of sp³-hybridized carbons (Fsp3) is 0. The van der Waals surface area contributed by atoms with Crippen LogP contribution in [0.3, 0.4) is 0 Å². The third-order valence-corrected chi connectivity index (χ3v) is 4.93. The summed E-state index contributed by atoms with van der Waals surface area (Å²) >= 11 is 0. The summed E-state index contributed by atoms with van der Waals surface area (Å²) in [6.45, 7) is 0. The Bertz CT molecular complexity index is 937. The van der Waals surface area contributed by atoms with E-state index in [1.807, 2.05) is 0 Å². The summed E-state index contributed by atoms with van der Waals surface area (Å²) in [5, 5.41) is 0. The van der Waals surface area contributed by atoms with Crippen molar-refractivity contribution in [2.75, 3.05) is 11.5 Å². The summed E-state index contributed by atoms with van der Waals surface area (Å²) < 4.78 is 64.2. The van der Waals surface area contributed by atoms with Crippen molar-refractivity contribution in [2.24, 2.45) is 0 Å². The van der Waals surface area contributed by atoms with Crippen molar-refractivity contribution < 1.29 is 25.9 Å². The highest BCUT2D eigenvalue weighted by atomic mass is 32.2. The number of hydrogen-bond acceptors (Lipinski definition) is 6. The molecule has 0 amide bonds. The van der Waals surface area contributed by atoms with E-state index in [9.17, 15) is 21.4 Å². The zero-order valence-electron chi connectivity index (χ0n) is 11.0. The van der Waals surface area contributed by atoms with E-state index in [0.29, 0.717) is 5.56 Å². The van der Waals surface area contributed by atoms with Crippen LogP contribution in [0.1, 0.15) is 0 Å². The molecule has 0 bridgehead atoms. The lowest BCUT2D eigenvalue weighted by molar-refractivity contribution is 0.467. The van der Waals surface area contributed by atoms with Gasteiger partial charge in [0.2, 0.25) is 0 Å². The van der Waals surface area contributed by atoms with E-state index >= 15 is 0 Å². The Kier molecular flexibility index (Phi) is 3.87. The van der Waals surface area contributed by atoms with E-state index in [2.05, 4.69) is 0 Å². The van der Waals surface area contributed by atoms with Crippen molar-refractivity contribution >= 4 is 31.6 Å². The first kappa shape index (κ1) is 16.2. The van der Waals surface area contributed by atoms with Gasteiger partial charge < -0.3 is 11.5 Å². The maximum Gasteiger partial charge on any atom is 0.298 e. The lowest BCUT2D eigenvalue weighted by Crippen LogP contribution is -2.14. The van der Waals surface area contributed by atoms with Crippen LogP contribution in [-0.4, -0.2) is 25.9 Å². The van der Waals surface area contributed by atoms with Crippen LogP contribution in [0.5, 0.6) is 0 Å². The molecule has 2 rings (SSSR count). The summed E-state index contributed by atoms with van der Waals surface area (Å²) in [6.07, 6.45) is 0. The Morgan fingerprint density at radius 1 is 0.818 bits per heavy atom. The van der Waals surface area contributed by atoms with Gasteiger partial charge in [-0.15, -0.1) is 0 Å². The molecule has 0 saturated heterocycles. The van der Waals surface area contributed by atoms with E-state index in [4.69, 9.17) is 16.0 Å². The summed E-state index contributed by atoms with van der Waals surface area (Å²) in [4.78, 5) is -2.29. The van der Waals surface area contributed by atoms with E-state index in [1.165, 1.54) is 0 Å². The van der Waals surface area contributed by atoms with Gasteiger partial charge in [-0.3, -0.25) is 9.11 Å². The fourth-order valence-corrected chi connectivity index (χ4v) is 4.13. The third kappa shape index (κ3) is 2.90. The molecule has 6 N–H and O–H groups in total. The average Bonchev–Trinajstić information content (AvgIpc) is 2.39. The highest BCUT2D eigenvalue weighted by Gasteiger charge is 2.31. The molecule has 0 spiro atoms. The Balaban J connectivity index is 2.99. The molecular weight excluding hydrogens is 332 g/mol. The second kappa shape index (κ2) is 5.25. The standard InChI is InChI=1S/C12H12N2O6S2/c13-9-6-8(7-4-2-1-3-5-7)10(14)12(22(18,19)20)11(9)21(15,16)17/h1-6H,13-14H2,(H,15,16,17)(H,18,19,20). The van der Waals surface area contributed by atoms with E-state index in [-0.39, 0.29) is 5.56 Å². The summed E-state index contributed by atoms with van der Waals surface area (Å²) in [7, 11) is -10.1. The lowest BCUT2D eigenvalue weighted by Gasteiger charge is -2.15. The highest BCUT2D eigenvalue weighted by Crippen LogP contribution is 2.39. The molecule has 0 fully saturated rings. The van der Waals surface area contributed by atoms with Gasteiger partial charge in [0.25, 0.3) is 20.2 Å².